The van der Waals surface area contributed by atoms with Gasteiger partial charge in [-0.1, -0.05) is 13.0 Å². The summed E-state index contributed by atoms with van der Waals surface area (Å²) in [4.78, 5) is 5.72. The van der Waals surface area contributed by atoms with Crippen LogP contribution in [0.15, 0.2) is 23.7 Å². The number of aromatic nitrogens is 1. The summed E-state index contributed by atoms with van der Waals surface area (Å²) in [5.74, 6) is 1.38. The van der Waals surface area contributed by atoms with Gasteiger partial charge >= 0.3 is 6.18 Å². The molecule has 0 bridgehead atoms. The molecular formula is C16H17F3N2O2S. The molecule has 130 valence electrons. The summed E-state index contributed by atoms with van der Waals surface area (Å²) in [5, 5.41) is 0. The lowest BCUT2D eigenvalue weighted by Gasteiger charge is -2.22. The first-order chi connectivity index (χ1) is 11.5. The molecule has 1 aromatic carbocycles. The van der Waals surface area contributed by atoms with E-state index in [1.54, 1.807) is 0 Å². The first-order valence-electron chi connectivity index (χ1n) is 7.58. The molecule has 2 heterocycles. The van der Waals surface area contributed by atoms with Crippen molar-refractivity contribution in [1.82, 2.24) is 9.88 Å². The van der Waals surface area contributed by atoms with Crippen molar-refractivity contribution in [3.05, 3.63) is 39.8 Å². The number of rotatable bonds is 6. The van der Waals surface area contributed by atoms with E-state index in [0.29, 0.717) is 24.6 Å². The SMILES string of the molecule is CCCN(Cc1ccc2c(c1)OCO2)Cc1scnc1C(F)(F)F. The highest BCUT2D eigenvalue weighted by Crippen LogP contribution is 2.35. The van der Waals surface area contributed by atoms with Gasteiger partial charge in [0.1, 0.15) is 0 Å². The lowest BCUT2D eigenvalue weighted by atomic mass is 10.1. The Bertz CT molecular complexity index is 703. The Hall–Kier alpha value is -1.80. The Morgan fingerprint density at radius 1 is 1.21 bits per heavy atom. The zero-order valence-electron chi connectivity index (χ0n) is 13.1. The molecule has 0 atom stereocenters. The molecule has 0 radical (unpaired) electrons. The largest absolute Gasteiger partial charge is 0.454 e. The van der Waals surface area contributed by atoms with Crippen LogP contribution in [0.3, 0.4) is 0 Å². The molecule has 8 heteroatoms. The van der Waals surface area contributed by atoms with Gasteiger partial charge in [0.2, 0.25) is 6.79 Å². The van der Waals surface area contributed by atoms with Crippen molar-refractivity contribution in [2.75, 3.05) is 13.3 Å². The minimum Gasteiger partial charge on any atom is -0.454 e. The molecule has 1 aromatic heterocycles. The minimum absolute atomic E-state index is 0.202. The third-order valence-corrected chi connectivity index (χ3v) is 4.48. The molecule has 0 spiro atoms. The van der Waals surface area contributed by atoms with Crippen molar-refractivity contribution in [3.8, 4) is 11.5 Å². The highest BCUT2D eigenvalue weighted by molar-refractivity contribution is 7.09. The van der Waals surface area contributed by atoms with Crippen LogP contribution >= 0.6 is 11.3 Å². The van der Waals surface area contributed by atoms with Crippen molar-refractivity contribution < 1.29 is 22.6 Å². The molecule has 3 rings (SSSR count). The van der Waals surface area contributed by atoms with E-state index in [4.69, 9.17) is 9.47 Å². The summed E-state index contributed by atoms with van der Waals surface area (Å²) in [6.45, 7) is 3.67. The van der Waals surface area contributed by atoms with Crippen molar-refractivity contribution >= 4 is 11.3 Å². The second-order valence-corrected chi connectivity index (χ2v) is 6.46. The molecule has 0 saturated carbocycles. The van der Waals surface area contributed by atoms with E-state index in [9.17, 15) is 13.2 Å². The minimum atomic E-state index is -4.41. The van der Waals surface area contributed by atoms with E-state index >= 15 is 0 Å². The zero-order chi connectivity index (χ0) is 17.2. The Kier molecular flexibility index (Phi) is 4.96. The fourth-order valence-corrected chi connectivity index (χ4v) is 3.47. The van der Waals surface area contributed by atoms with E-state index in [2.05, 4.69) is 4.98 Å². The lowest BCUT2D eigenvalue weighted by molar-refractivity contribution is -0.141. The maximum absolute atomic E-state index is 13.0. The predicted molar refractivity (Wildman–Crippen MR) is 84.1 cm³/mol. The molecule has 0 saturated heterocycles. The first-order valence-corrected chi connectivity index (χ1v) is 8.45. The number of hydrogen-bond donors (Lipinski definition) is 0. The summed E-state index contributed by atoms with van der Waals surface area (Å²) in [6, 6.07) is 5.62. The monoisotopic (exact) mass is 358 g/mol. The number of ether oxygens (including phenoxy) is 2. The molecule has 0 fully saturated rings. The lowest BCUT2D eigenvalue weighted by Crippen LogP contribution is -2.24. The van der Waals surface area contributed by atoms with Crippen LogP contribution in [0.2, 0.25) is 0 Å². The van der Waals surface area contributed by atoms with Gasteiger partial charge < -0.3 is 9.47 Å². The van der Waals surface area contributed by atoms with Gasteiger partial charge in [-0.3, -0.25) is 4.90 Å². The topological polar surface area (TPSA) is 34.6 Å². The van der Waals surface area contributed by atoms with E-state index in [-0.39, 0.29) is 18.2 Å². The van der Waals surface area contributed by atoms with Crippen LogP contribution in [0, 0.1) is 0 Å². The Labute approximate surface area is 141 Å². The summed E-state index contributed by atoms with van der Waals surface area (Å²) >= 11 is 1.04. The van der Waals surface area contributed by atoms with Gasteiger partial charge in [0.05, 0.1) is 10.4 Å². The quantitative estimate of drug-likeness (QED) is 0.771. The van der Waals surface area contributed by atoms with Crippen LogP contribution in [0.25, 0.3) is 0 Å². The average molecular weight is 358 g/mol. The number of hydrogen-bond acceptors (Lipinski definition) is 5. The van der Waals surface area contributed by atoms with Gasteiger partial charge in [0, 0.05) is 13.1 Å². The van der Waals surface area contributed by atoms with Gasteiger partial charge in [-0.25, -0.2) is 4.98 Å². The van der Waals surface area contributed by atoms with Crippen molar-refractivity contribution in [3.63, 3.8) is 0 Å². The first kappa shape index (κ1) is 17.0. The Morgan fingerprint density at radius 2 is 2.00 bits per heavy atom. The standard InChI is InChI=1S/C16H17F3N2O2S/c1-2-5-21(8-14-15(16(17,18)19)20-9-24-14)7-11-3-4-12-13(6-11)23-10-22-12/h3-4,6,9H,2,5,7-8,10H2,1H3. The van der Waals surface area contributed by atoms with E-state index in [0.717, 1.165) is 23.3 Å². The second-order valence-electron chi connectivity index (χ2n) is 5.52. The fraction of sp³-hybridized carbons (Fsp3) is 0.438. The number of alkyl halides is 3. The maximum atomic E-state index is 13.0. The van der Waals surface area contributed by atoms with Gasteiger partial charge in [-0.15, -0.1) is 11.3 Å². The molecule has 24 heavy (non-hydrogen) atoms. The molecule has 1 aliphatic rings. The third-order valence-electron chi connectivity index (χ3n) is 3.66. The maximum Gasteiger partial charge on any atom is 0.434 e. The number of thiazole rings is 1. The summed E-state index contributed by atoms with van der Waals surface area (Å²) in [7, 11) is 0. The summed E-state index contributed by atoms with van der Waals surface area (Å²) in [6.07, 6.45) is -3.56. The van der Waals surface area contributed by atoms with Crippen molar-refractivity contribution in [2.45, 2.75) is 32.6 Å². The molecule has 2 aromatic rings. The van der Waals surface area contributed by atoms with E-state index in [1.165, 1.54) is 5.51 Å². The van der Waals surface area contributed by atoms with Crippen LogP contribution in [0.4, 0.5) is 13.2 Å². The van der Waals surface area contributed by atoms with Crippen LogP contribution in [-0.2, 0) is 19.3 Å². The summed E-state index contributed by atoms with van der Waals surface area (Å²) in [5.41, 5.74) is 1.45. The number of nitrogens with zero attached hydrogens (tertiary/aromatic N) is 2. The highest BCUT2D eigenvalue weighted by atomic mass is 32.1. The number of halogens is 3. The second kappa shape index (κ2) is 6.98. The zero-order valence-corrected chi connectivity index (χ0v) is 13.9. The van der Waals surface area contributed by atoms with E-state index in [1.807, 2.05) is 30.0 Å². The van der Waals surface area contributed by atoms with E-state index < -0.39 is 11.9 Å². The van der Waals surface area contributed by atoms with Gasteiger partial charge in [0.15, 0.2) is 17.2 Å². The molecule has 0 N–H and O–H groups in total. The average Bonchev–Trinajstić information content (AvgIpc) is 3.15. The fourth-order valence-electron chi connectivity index (χ4n) is 2.64. The van der Waals surface area contributed by atoms with Crippen molar-refractivity contribution in [1.29, 1.82) is 0 Å². The Balaban J connectivity index is 1.75. The molecule has 0 amide bonds. The van der Waals surface area contributed by atoms with Gasteiger partial charge in [-0.2, -0.15) is 13.2 Å². The molecule has 0 unspecified atom stereocenters. The molecular weight excluding hydrogens is 341 g/mol. The van der Waals surface area contributed by atoms with Crippen LogP contribution < -0.4 is 9.47 Å². The molecule has 0 aliphatic carbocycles. The van der Waals surface area contributed by atoms with Gasteiger partial charge in [-0.05, 0) is 30.7 Å². The molecule has 4 nitrogen and oxygen atoms in total. The predicted octanol–water partition coefficient (Wildman–Crippen LogP) is 4.30. The summed E-state index contributed by atoms with van der Waals surface area (Å²) < 4.78 is 49.6. The van der Waals surface area contributed by atoms with Crippen LogP contribution in [-0.4, -0.2) is 23.2 Å². The Morgan fingerprint density at radius 3 is 2.75 bits per heavy atom. The third kappa shape index (κ3) is 3.81. The number of fused-ring (bicyclic) bond motifs is 1. The normalized spacial score (nSPS) is 13.7. The van der Waals surface area contributed by atoms with Crippen LogP contribution in [0.1, 0.15) is 29.5 Å². The highest BCUT2D eigenvalue weighted by Gasteiger charge is 2.36. The number of benzene rings is 1. The van der Waals surface area contributed by atoms with Crippen LogP contribution in [0.5, 0.6) is 11.5 Å². The van der Waals surface area contributed by atoms with Crippen molar-refractivity contribution in [2.24, 2.45) is 0 Å². The molecule has 1 aliphatic heterocycles. The smallest absolute Gasteiger partial charge is 0.434 e. The van der Waals surface area contributed by atoms with Gasteiger partial charge in [0.25, 0.3) is 0 Å².